The first-order valence-electron chi connectivity index (χ1n) is 5.11. The number of rotatable bonds is 2. The maximum Gasteiger partial charge on any atom is 0.254 e. The van der Waals surface area contributed by atoms with Gasteiger partial charge in [0.1, 0.15) is 0 Å². The molecular formula is C11H10F3NO2. The van der Waals surface area contributed by atoms with Crippen LogP contribution in [0.5, 0.6) is 0 Å². The maximum atomic E-state index is 13.3. The van der Waals surface area contributed by atoms with E-state index in [1.54, 1.807) is 0 Å². The summed E-state index contributed by atoms with van der Waals surface area (Å²) in [6.45, 7) is 0.863. The van der Waals surface area contributed by atoms with Crippen LogP contribution in [0.3, 0.4) is 0 Å². The maximum absolute atomic E-state index is 13.3. The first-order chi connectivity index (χ1) is 8.09. The average molecular weight is 245 g/mol. The van der Waals surface area contributed by atoms with Crippen molar-refractivity contribution in [1.82, 2.24) is 5.32 Å². The van der Waals surface area contributed by atoms with Crippen LogP contribution >= 0.6 is 0 Å². The van der Waals surface area contributed by atoms with Gasteiger partial charge >= 0.3 is 0 Å². The number of ether oxygens (including phenoxy) is 1. The Labute approximate surface area is 95.6 Å². The van der Waals surface area contributed by atoms with Crippen LogP contribution in [-0.4, -0.2) is 25.2 Å². The Balaban J connectivity index is 2.16. The summed E-state index contributed by atoms with van der Waals surface area (Å²) in [5.74, 6) is -5.19. The van der Waals surface area contributed by atoms with Gasteiger partial charge in [-0.25, -0.2) is 13.2 Å². The molecule has 1 unspecified atom stereocenters. The topological polar surface area (TPSA) is 38.3 Å². The van der Waals surface area contributed by atoms with Crippen LogP contribution in [0.4, 0.5) is 13.2 Å². The second-order valence-corrected chi connectivity index (χ2v) is 3.76. The van der Waals surface area contributed by atoms with E-state index in [2.05, 4.69) is 5.32 Å². The molecule has 1 fully saturated rings. The van der Waals surface area contributed by atoms with Gasteiger partial charge in [0, 0.05) is 6.61 Å². The van der Waals surface area contributed by atoms with E-state index in [-0.39, 0.29) is 6.04 Å². The molecule has 2 rings (SSSR count). The van der Waals surface area contributed by atoms with Crippen LogP contribution in [0.2, 0.25) is 0 Å². The Morgan fingerprint density at radius 2 is 2.06 bits per heavy atom. The molecule has 1 N–H and O–H groups in total. The Hall–Kier alpha value is -1.56. The molecule has 1 saturated heterocycles. The summed E-state index contributed by atoms with van der Waals surface area (Å²) in [5.41, 5.74) is -0.504. The van der Waals surface area contributed by atoms with Gasteiger partial charge in [-0.1, -0.05) is 0 Å². The van der Waals surface area contributed by atoms with Crippen LogP contribution in [0.1, 0.15) is 16.8 Å². The van der Waals surface area contributed by atoms with Crippen molar-refractivity contribution in [3.63, 3.8) is 0 Å². The van der Waals surface area contributed by atoms with E-state index in [4.69, 9.17) is 4.74 Å². The van der Waals surface area contributed by atoms with Crippen molar-refractivity contribution in [1.29, 1.82) is 0 Å². The minimum atomic E-state index is -1.64. The summed E-state index contributed by atoms with van der Waals surface area (Å²) in [6, 6.07) is 1.42. The summed E-state index contributed by atoms with van der Waals surface area (Å²) < 4.78 is 43.9. The van der Waals surface area contributed by atoms with E-state index in [0.717, 1.165) is 12.1 Å². The van der Waals surface area contributed by atoms with Crippen molar-refractivity contribution in [2.45, 2.75) is 12.5 Å². The van der Waals surface area contributed by atoms with Gasteiger partial charge in [0.15, 0.2) is 17.5 Å². The molecule has 1 aliphatic heterocycles. The Morgan fingerprint density at radius 3 is 2.71 bits per heavy atom. The lowest BCUT2D eigenvalue weighted by Gasteiger charge is -2.11. The molecule has 3 nitrogen and oxygen atoms in total. The van der Waals surface area contributed by atoms with E-state index >= 15 is 0 Å². The molecular weight excluding hydrogens is 235 g/mol. The van der Waals surface area contributed by atoms with Gasteiger partial charge in [-0.2, -0.15) is 0 Å². The Kier molecular flexibility index (Phi) is 3.33. The lowest BCUT2D eigenvalue weighted by atomic mass is 10.1. The highest BCUT2D eigenvalue weighted by atomic mass is 19.2. The Bertz CT molecular complexity index is 445. The molecule has 0 radical (unpaired) electrons. The van der Waals surface area contributed by atoms with E-state index in [1.807, 2.05) is 0 Å². The number of amides is 1. The highest BCUT2D eigenvalue weighted by Gasteiger charge is 2.23. The molecule has 1 amide bonds. The van der Waals surface area contributed by atoms with Gasteiger partial charge in [-0.15, -0.1) is 0 Å². The molecule has 0 aromatic heterocycles. The van der Waals surface area contributed by atoms with E-state index < -0.39 is 28.9 Å². The average Bonchev–Trinajstić information content (AvgIpc) is 2.78. The first kappa shape index (κ1) is 11.9. The zero-order chi connectivity index (χ0) is 12.4. The molecule has 1 aromatic carbocycles. The highest BCUT2D eigenvalue weighted by molar-refractivity contribution is 5.94. The molecule has 0 aliphatic carbocycles. The second kappa shape index (κ2) is 4.75. The molecule has 0 bridgehead atoms. The summed E-state index contributed by atoms with van der Waals surface area (Å²) >= 11 is 0. The fraction of sp³-hybridized carbons (Fsp3) is 0.364. The lowest BCUT2D eigenvalue weighted by molar-refractivity contribution is 0.0924. The van der Waals surface area contributed by atoms with Crippen LogP contribution < -0.4 is 5.32 Å². The number of carbonyl (C=O) groups excluding carboxylic acids is 1. The first-order valence-corrected chi connectivity index (χ1v) is 5.11. The SMILES string of the molecule is O=C(NC1CCOC1)c1ccc(F)c(F)c1F. The van der Waals surface area contributed by atoms with Gasteiger partial charge in [0.2, 0.25) is 0 Å². The molecule has 1 atom stereocenters. The number of carbonyl (C=O) groups is 1. The van der Waals surface area contributed by atoms with Crippen molar-refractivity contribution >= 4 is 5.91 Å². The number of benzene rings is 1. The van der Waals surface area contributed by atoms with Crippen molar-refractivity contribution in [3.8, 4) is 0 Å². The molecule has 1 aliphatic rings. The third kappa shape index (κ3) is 2.41. The van der Waals surface area contributed by atoms with Crippen molar-refractivity contribution in [3.05, 3.63) is 35.1 Å². The molecule has 17 heavy (non-hydrogen) atoms. The summed E-state index contributed by atoms with van der Waals surface area (Å²) in [6.07, 6.45) is 0.622. The third-order valence-corrected chi connectivity index (χ3v) is 2.54. The van der Waals surface area contributed by atoms with Gasteiger partial charge in [0.05, 0.1) is 18.2 Å². The number of halogens is 3. The normalized spacial score (nSPS) is 19.4. The second-order valence-electron chi connectivity index (χ2n) is 3.76. The summed E-state index contributed by atoms with van der Waals surface area (Å²) in [7, 11) is 0. The molecule has 92 valence electrons. The minimum Gasteiger partial charge on any atom is -0.379 e. The molecule has 0 saturated carbocycles. The third-order valence-electron chi connectivity index (χ3n) is 2.54. The number of hydrogen-bond acceptors (Lipinski definition) is 2. The van der Waals surface area contributed by atoms with Gasteiger partial charge < -0.3 is 10.1 Å². The predicted molar refractivity (Wildman–Crippen MR) is 53.0 cm³/mol. The van der Waals surface area contributed by atoms with Crippen LogP contribution in [-0.2, 0) is 4.74 Å². The zero-order valence-electron chi connectivity index (χ0n) is 8.80. The van der Waals surface area contributed by atoms with Crippen LogP contribution in [0.25, 0.3) is 0 Å². The van der Waals surface area contributed by atoms with Crippen molar-refractivity contribution in [2.75, 3.05) is 13.2 Å². The fourth-order valence-corrected chi connectivity index (χ4v) is 1.61. The smallest absolute Gasteiger partial charge is 0.254 e. The molecule has 1 heterocycles. The van der Waals surface area contributed by atoms with Gasteiger partial charge in [-0.05, 0) is 18.6 Å². The quantitative estimate of drug-likeness (QED) is 0.804. The lowest BCUT2D eigenvalue weighted by Crippen LogP contribution is -2.35. The van der Waals surface area contributed by atoms with Crippen LogP contribution in [0, 0.1) is 17.5 Å². The minimum absolute atomic E-state index is 0.213. The molecule has 1 aromatic rings. The molecule has 6 heteroatoms. The standard InChI is InChI=1S/C11H10F3NO2/c12-8-2-1-7(9(13)10(8)14)11(16)15-6-3-4-17-5-6/h1-2,6H,3-5H2,(H,15,16). The zero-order valence-corrected chi connectivity index (χ0v) is 8.80. The van der Waals surface area contributed by atoms with Gasteiger partial charge in [-0.3, -0.25) is 4.79 Å². The van der Waals surface area contributed by atoms with Crippen LogP contribution in [0.15, 0.2) is 12.1 Å². The fourth-order valence-electron chi connectivity index (χ4n) is 1.61. The van der Waals surface area contributed by atoms with Crippen molar-refractivity contribution in [2.24, 2.45) is 0 Å². The number of nitrogens with one attached hydrogen (secondary N) is 1. The monoisotopic (exact) mass is 245 g/mol. The van der Waals surface area contributed by atoms with Gasteiger partial charge in [0.25, 0.3) is 5.91 Å². The molecule has 0 spiro atoms. The van der Waals surface area contributed by atoms with Crippen molar-refractivity contribution < 1.29 is 22.7 Å². The van der Waals surface area contributed by atoms with E-state index in [9.17, 15) is 18.0 Å². The van der Waals surface area contributed by atoms with E-state index in [1.165, 1.54) is 0 Å². The summed E-state index contributed by atoms with van der Waals surface area (Å²) in [4.78, 5) is 11.6. The predicted octanol–water partition coefficient (Wildman–Crippen LogP) is 1.62. The highest BCUT2D eigenvalue weighted by Crippen LogP contribution is 2.15. The van der Waals surface area contributed by atoms with E-state index in [0.29, 0.717) is 19.6 Å². The largest absolute Gasteiger partial charge is 0.379 e. The summed E-state index contributed by atoms with van der Waals surface area (Å²) in [5, 5.41) is 2.49. The number of hydrogen-bond donors (Lipinski definition) is 1. The Morgan fingerprint density at radius 1 is 1.29 bits per heavy atom.